The van der Waals surface area contributed by atoms with Crippen LogP contribution in [0.5, 0.6) is 0 Å². The Labute approximate surface area is 181 Å². The normalized spacial score (nSPS) is 11.4. The first kappa shape index (κ1) is 20.8. The summed E-state index contributed by atoms with van der Waals surface area (Å²) in [5.74, 6) is -0.127. The number of sulfonamides is 1. The predicted molar refractivity (Wildman–Crippen MR) is 124 cm³/mol. The van der Waals surface area contributed by atoms with Crippen LogP contribution in [-0.4, -0.2) is 14.3 Å². The van der Waals surface area contributed by atoms with Gasteiger partial charge in [0.25, 0.3) is 0 Å². The molecule has 5 nitrogen and oxygen atoms in total. The Hall–Kier alpha value is -3.48. The van der Waals surface area contributed by atoms with Gasteiger partial charge in [0.2, 0.25) is 15.9 Å². The topological polar surface area (TPSA) is 75.3 Å². The molecule has 0 atom stereocenters. The summed E-state index contributed by atoms with van der Waals surface area (Å²) in [6.45, 7) is 1.68. The number of rotatable bonds is 6. The van der Waals surface area contributed by atoms with Crippen LogP contribution >= 0.6 is 0 Å². The minimum atomic E-state index is -3.64. The molecule has 0 fully saturated rings. The van der Waals surface area contributed by atoms with Gasteiger partial charge >= 0.3 is 0 Å². The Bertz CT molecular complexity index is 1320. The Balaban J connectivity index is 1.49. The molecule has 2 N–H and O–H groups in total. The van der Waals surface area contributed by atoms with Crippen LogP contribution in [0.4, 0.5) is 5.69 Å². The molecule has 6 heteroatoms. The smallest absolute Gasteiger partial charge is 0.240 e. The quantitative estimate of drug-likeness (QED) is 0.455. The van der Waals surface area contributed by atoms with Crippen molar-refractivity contribution in [2.75, 3.05) is 5.32 Å². The van der Waals surface area contributed by atoms with Crippen LogP contribution in [-0.2, 0) is 21.4 Å². The van der Waals surface area contributed by atoms with Crippen molar-refractivity contribution in [3.05, 3.63) is 96.6 Å². The van der Waals surface area contributed by atoms with Crippen LogP contribution in [0.15, 0.2) is 95.9 Å². The van der Waals surface area contributed by atoms with Crippen molar-refractivity contribution in [1.29, 1.82) is 0 Å². The van der Waals surface area contributed by atoms with E-state index < -0.39 is 10.0 Å². The Kier molecular flexibility index (Phi) is 5.84. The maximum Gasteiger partial charge on any atom is 0.240 e. The standard InChI is InChI=1S/C25H22N2O3S/c1-18(28)27-23-13-9-19(10-14-23)20-11-15-24(16-12-20)31(29,30)26-17-22-7-4-6-21-5-2-3-8-25(21)22/h2-16,26H,17H2,1H3,(H,27,28). The summed E-state index contributed by atoms with van der Waals surface area (Å²) >= 11 is 0. The van der Waals surface area contributed by atoms with Crippen LogP contribution in [0.25, 0.3) is 21.9 Å². The van der Waals surface area contributed by atoms with Gasteiger partial charge in [0.1, 0.15) is 0 Å². The van der Waals surface area contributed by atoms with Crippen molar-refractivity contribution in [2.45, 2.75) is 18.4 Å². The monoisotopic (exact) mass is 430 g/mol. The molecule has 0 aromatic heterocycles. The molecule has 1 amide bonds. The molecule has 0 spiro atoms. The maximum absolute atomic E-state index is 12.8. The van der Waals surface area contributed by atoms with Gasteiger partial charge in [0.15, 0.2) is 0 Å². The predicted octanol–water partition coefficient (Wildman–Crippen LogP) is 4.94. The Morgan fingerprint density at radius 2 is 1.39 bits per heavy atom. The zero-order valence-electron chi connectivity index (χ0n) is 17.0. The third-order valence-corrected chi connectivity index (χ3v) is 6.45. The highest BCUT2D eigenvalue weighted by atomic mass is 32.2. The minimum absolute atomic E-state index is 0.127. The van der Waals surface area contributed by atoms with Crippen molar-refractivity contribution in [3.63, 3.8) is 0 Å². The van der Waals surface area contributed by atoms with Crippen molar-refractivity contribution in [3.8, 4) is 11.1 Å². The highest BCUT2D eigenvalue weighted by Gasteiger charge is 2.14. The summed E-state index contributed by atoms with van der Waals surface area (Å²) in [5, 5.41) is 4.83. The number of anilines is 1. The lowest BCUT2D eigenvalue weighted by Gasteiger charge is -2.10. The summed E-state index contributed by atoms with van der Waals surface area (Å²) < 4.78 is 28.3. The van der Waals surface area contributed by atoms with Gasteiger partial charge < -0.3 is 5.32 Å². The molecule has 0 bridgehead atoms. The van der Waals surface area contributed by atoms with Gasteiger partial charge in [-0.3, -0.25) is 4.79 Å². The molecule has 0 radical (unpaired) electrons. The molecular weight excluding hydrogens is 408 g/mol. The fourth-order valence-corrected chi connectivity index (χ4v) is 4.49. The van der Waals surface area contributed by atoms with Crippen molar-refractivity contribution in [2.24, 2.45) is 0 Å². The largest absolute Gasteiger partial charge is 0.326 e. The number of carbonyl (C=O) groups is 1. The van der Waals surface area contributed by atoms with E-state index >= 15 is 0 Å². The fourth-order valence-electron chi connectivity index (χ4n) is 3.48. The molecule has 156 valence electrons. The number of nitrogens with one attached hydrogen (secondary N) is 2. The van der Waals surface area contributed by atoms with E-state index in [0.717, 1.165) is 27.5 Å². The Morgan fingerprint density at radius 3 is 2.06 bits per heavy atom. The lowest BCUT2D eigenvalue weighted by atomic mass is 10.1. The lowest BCUT2D eigenvalue weighted by molar-refractivity contribution is -0.114. The van der Waals surface area contributed by atoms with E-state index in [1.165, 1.54) is 6.92 Å². The molecule has 4 aromatic carbocycles. The summed E-state index contributed by atoms with van der Waals surface area (Å²) in [4.78, 5) is 11.3. The minimum Gasteiger partial charge on any atom is -0.326 e. The third kappa shape index (κ3) is 4.82. The van der Waals surface area contributed by atoms with Gasteiger partial charge in [-0.05, 0) is 51.7 Å². The van der Waals surface area contributed by atoms with Crippen LogP contribution in [0, 0.1) is 0 Å². The van der Waals surface area contributed by atoms with Gasteiger partial charge in [-0.2, -0.15) is 0 Å². The van der Waals surface area contributed by atoms with Crippen molar-refractivity contribution in [1.82, 2.24) is 4.72 Å². The zero-order valence-corrected chi connectivity index (χ0v) is 17.8. The first-order valence-electron chi connectivity index (χ1n) is 9.87. The van der Waals surface area contributed by atoms with Crippen LogP contribution in [0.3, 0.4) is 0 Å². The number of hydrogen-bond donors (Lipinski definition) is 2. The van der Waals surface area contributed by atoms with Crippen LogP contribution < -0.4 is 10.0 Å². The summed E-state index contributed by atoms with van der Waals surface area (Å²) in [5.41, 5.74) is 3.47. The zero-order chi connectivity index (χ0) is 21.8. The molecule has 0 unspecified atom stereocenters. The third-order valence-electron chi connectivity index (χ3n) is 5.04. The SMILES string of the molecule is CC(=O)Nc1ccc(-c2ccc(S(=O)(=O)NCc3cccc4ccccc34)cc2)cc1. The number of amides is 1. The van der Waals surface area contributed by atoms with Gasteiger partial charge in [-0.25, -0.2) is 13.1 Å². The highest BCUT2D eigenvalue weighted by Crippen LogP contribution is 2.24. The first-order chi connectivity index (χ1) is 14.9. The van der Waals surface area contributed by atoms with E-state index in [0.29, 0.717) is 5.69 Å². The Morgan fingerprint density at radius 1 is 0.774 bits per heavy atom. The maximum atomic E-state index is 12.8. The van der Waals surface area contributed by atoms with E-state index in [-0.39, 0.29) is 17.3 Å². The molecule has 0 aliphatic rings. The molecule has 4 rings (SSSR count). The molecule has 0 aliphatic heterocycles. The molecule has 4 aromatic rings. The van der Waals surface area contributed by atoms with Crippen molar-refractivity contribution < 1.29 is 13.2 Å². The summed E-state index contributed by atoms with van der Waals surface area (Å²) in [7, 11) is -3.64. The van der Waals surface area contributed by atoms with Gasteiger partial charge in [0, 0.05) is 19.2 Å². The molecule has 0 saturated heterocycles. The van der Waals surface area contributed by atoms with Crippen LogP contribution in [0.2, 0.25) is 0 Å². The first-order valence-corrected chi connectivity index (χ1v) is 11.4. The van der Waals surface area contributed by atoms with Gasteiger partial charge in [0.05, 0.1) is 4.90 Å². The number of carbonyl (C=O) groups excluding carboxylic acids is 1. The molecule has 0 heterocycles. The lowest BCUT2D eigenvalue weighted by Crippen LogP contribution is -2.23. The second-order valence-corrected chi connectivity index (χ2v) is 9.01. The molecule has 31 heavy (non-hydrogen) atoms. The molecule has 0 saturated carbocycles. The highest BCUT2D eigenvalue weighted by molar-refractivity contribution is 7.89. The summed E-state index contributed by atoms with van der Waals surface area (Å²) in [6.07, 6.45) is 0. The fraction of sp³-hybridized carbons (Fsp3) is 0.0800. The van der Waals surface area contributed by atoms with E-state index in [1.54, 1.807) is 24.3 Å². The average Bonchev–Trinajstić information content (AvgIpc) is 2.78. The average molecular weight is 431 g/mol. The van der Waals surface area contributed by atoms with E-state index in [4.69, 9.17) is 0 Å². The molecule has 0 aliphatic carbocycles. The van der Waals surface area contributed by atoms with E-state index in [9.17, 15) is 13.2 Å². The number of benzene rings is 4. The van der Waals surface area contributed by atoms with Gasteiger partial charge in [-0.1, -0.05) is 66.7 Å². The van der Waals surface area contributed by atoms with Gasteiger partial charge in [-0.15, -0.1) is 0 Å². The second kappa shape index (κ2) is 8.71. The van der Waals surface area contributed by atoms with Crippen molar-refractivity contribution >= 4 is 32.4 Å². The second-order valence-electron chi connectivity index (χ2n) is 7.25. The van der Waals surface area contributed by atoms with E-state index in [2.05, 4.69) is 10.0 Å². The van der Waals surface area contributed by atoms with Crippen LogP contribution in [0.1, 0.15) is 12.5 Å². The molecular formula is C25H22N2O3S. The number of hydrogen-bond acceptors (Lipinski definition) is 3. The van der Waals surface area contributed by atoms with E-state index in [1.807, 2.05) is 66.7 Å². The summed E-state index contributed by atoms with van der Waals surface area (Å²) in [6, 6.07) is 27.9. The number of fused-ring (bicyclic) bond motifs is 1.